The molecule has 88 valence electrons. The SMILES string of the molecule is CC(=O)c1ccc(S(=O)(=O)CCCO)cc1. The summed E-state index contributed by atoms with van der Waals surface area (Å²) in [4.78, 5) is 11.2. The molecule has 4 nitrogen and oxygen atoms in total. The van der Waals surface area contributed by atoms with Crippen molar-refractivity contribution in [3.05, 3.63) is 29.8 Å². The summed E-state index contributed by atoms with van der Waals surface area (Å²) in [6.45, 7) is 1.28. The second kappa shape index (κ2) is 5.23. The van der Waals surface area contributed by atoms with Crippen LogP contribution in [0.15, 0.2) is 29.2 Å². The van der Waals surface area contributed by atoms with Gasteiger partial charge in [-0.3, -0.25) is 4.79 Å². The van der Waals surface area contributed by atoms with Gasteiger partial charge in [-0.1, -0.05) is 12.1 Å². The van der Waals surface area contributed by atoms with Crippen LogP contribution >= 0.6 is 0 Å². The van der Waals surface area contributed by atoms with Crippen LogP contribution in [0.2, 0.25) is 0 Å². The average Bonchev–Trinajstić information content (AvgIpc) is 2.26. The molecule has 1 aromatic carbocycles. The minimum absolute atomic E-state index is 0.0804. The van der Waals surface area contributed by atoms with E-state index in [2.05, 4.69) is 0 Å². The minimum Gasteiger partial charge on any atom is -0.396 e. The first-order valence-corrected chi connectivity index (χ1v) is 6.57. The summed E-state index contributed by atoms with van der Waals surface area (Å²) in [6.07, 6.45) is 0.219. The molecule has 0 heterocycles. The summed E-state index contributed by atoms with van der Waals surface area (Å²) >= 11 is 0. The lowest BCUT2D eigenvalue weighted by Gasteiger charge is -2.03. The Balaban J connectivity index is 2.93. The topological polar surface area (TPSA) is 71.4 Å². The zero-order valence-electron chi connectivity index (χ0n) is 9.01. The van der Waals surface area contributed by atoms with E-state index in [0.29, 0.717) is 5.56 Å². The smallest absolute Gasteiger partial charge is 0.178 e. The van der Waals surface area contributed by atoms with Gasteiger partial charge in [0.05, 0.1) is 10.6 Å². The average molecular weight is 242 g/mol. The zero-order valence-corrected chi connectivity index (χ0v) is 9.83. The highest BCUT2D eigenvalue weighted by Gasteiger charge is 2.13. The molecule has 0 amide bonds. The number of hydrogen-bond acceptors (Lipinski definition) is 4. The molecule has 0 unspecified atom stereocenters. The maximum atomic E-state index is 11.7. The van der Waals surface area contributed by atoms with Gasteiger partial charge in [0.1, 0.15) is 0 Å². The van der Waals surface area contributed by atoms with Crippen LogP contribution in [0, 0.1) is 0 Å². The van der Waals surface area contributed by atoms with E-state index in [1.165, 1.54) is 31.2 Å². The highest BCUT2D eigenvalue weighted by molar-refractivity contribution is 7.91. The Morgan fingerprint density at radius 1 is 1.25 bits per heavy atom. The van der Waals surface area contributed by atoms with Crippen LogP contribution in [-0.4, -0.2) is 31.7 Å². The van der Waals surface area contributed by atoms with E-state index < -0.39 is 9.84 Å². The van der Waals surface area contributed by atoms with E-state index in [-0.39, 0.29) is 29.5 Å². The number of aliphatic hydroxyl groups is 1. The molecule has 1 N–H and O–H groups in total. The molecule has 16 heavy (non-hydrogen) atoms. The minimum atomic E-state index is -3.34. The van der Waals surface area contributed by atoms with E-state index in [1.807, 2.05) is 0 Å². The molecule has 0 saturated carbocycles. The van der Waals surface area contributed by atoms with Crippen LogP contribution in [0.4, 0.5) is 0 Å². The molecule has 0 atom stereocenters. The van der Waals surface area contributed by atoms with Gasteiger partial charge in [-0.05, 0) is 25.5 Å². The summed E-state index contributed by atoms with van der Waals surface area (Å²) in [5.41, 5.74) is 0.487. The van der Waals surface area contributed by atoms with Crippen molar-refractivity contribution in [2.45, 2.75) is 18.2 Å². The van der Waals surface area contributed by atoms with Crippen molar-refractivity contribution in [1.82, 2.24) is 0 Å². The molecule has 0 bridgehead atoms. The third-order valence-electron chi connectivity index (χ3n) is 2.19. The fourth-order valence-corrected chi connectivity index (χ4v) is 2.56. The Kier molecular flexibility index (Phi) is 4.20. The summed E-state index contributed by atoms with van der Waals surface area (Å²) in [7, 11) is -3.34. The first-order valence-electron chi connectivity index (χ1n) is 4.92. The Morgan fingerprint density at radius 3 is 2.25 bits per heavy atom. The predicted molar refractivity (Wildman–Crippen MR) is 60.2 cm³/mol. The standard InChI is InChI=1S/C11H14O4S/c1-9(13)10-3-5-11(6-4-10)16(14,15)8-2-7-12/h3-6,12H,2,7-8H2,1H3. The Hall–Kier alpha value is -1.20. The highest BCUT2D eigenvalue weighted by atomic mass is 32.2. The molecule has 1 aromatic rings. The lowest BCUT2D eigenvalue weighted by atomic mass is 10.2. The quantitative estimate of drug-likeness (QED) is 0.783. The van der Waals surface area contributed by atoms with E-state index in [0.717, 1.165) is 0 Å². The second-order valence-electron chi connectivity index (χ2n) is 3.48. The van der Waals surface area contributed by atoms with Crippen molar-refractivity contribution in [1.29, 1.82) is 0 Å². The molecule has 0 radical (unpaired) electrons. The van der Waals surface area contributed by atoms with Gasteiger partial charge in [0.15, 0.2) is 15.6 Å². The van der Waals surface area contributed by atoms with Crippen LogP contribution in [0.3, 0.4) is 0 Å². The van der Waals surface area contributed by atoms with Gasteiger partial charge < -0.3 is 5.11 Å². The number of sulfone groups is 1. The number of rotatable bonds is 5. The number of ketones is 1. The summed E-state index contributed by atoms with van der Waals surface area (Å²) in [5.74, 6) is -0.178. The molecule has 0 spiro atoms. The van der Waals surface area contributed by atoms with Crippen molar-refractivity contribution in [2.24, 2.45) is 0 Å². The van der Waals surface area contributed by atoms with Gasteiger partial charge in [-0.15, -0.1) is 0 Å². The number of benzene rings is 1. The van der Waals surface area contributed by atoms with Gasteiger partial charge in [0, 0.05) is 12.2 Å². The Labute approximate surface area is 94.8 Å². The molecule has 5 heteroatoms. The molecular weight excluding hydrogens is 228 g/mol. The number of Topliss-reactive ketones (excluding diaryl/α,β-unsaturated/α-hetero) is 1. The van der Waals surface area contributed by atoms with Crippen molar-refractivity contribution in [3.8, 4) is 0 Å². The summed E-state index contributed by atoms with van der Waals surface area (Å²) in [5, 5.41) is 8.58. The van der Waals surface area contributed by atoms with E-state index in [1.54, 1.807) is 0 Å². The summed E-state index contributed by atoms with van der Waals surface area (Å²) < 4.78 is 23.4. The fourth-order valence-electron chi connectivity index (χ4n) is 1.27. The van der Waals surface area contributed by atoms with Gasteiger partial charge >= 0.3 is 0 Å². The Morgan fingerprint density at radius 2 is 1.81 bits per heavy atom. The van der Waals surface area contributed by atoms with Crippen molar-refractivity contribution in [2.75, 3.05) is 12.4 Å². The molecule has 0 aliphatic heterocycles. The lowest BCUT2D eigenvalue weighted by molar-refractivity contribution is 0.101. The largest absolute Gasteiger partial charge is 0.396 e. The van der Waals surface area contributed by atoms with Gasteiger partial charge in [0.2, 0.25) is 0 Å². The van der Waals surface area contributed by atoms with Crippen molar-refractivity contribution in [3.63, 3.8) is 0 Å². The summed E-state index contributed by atoms with van der Waals surface area (Å²) in [6, 6.07) is 5.83. The lowest BCUT2D eigenvalue weighted by Crippen LogP contribution is -2.08. The van der Waals surface area contributed by atoms with Crippen molar-refractivity contribution < 1.29 is 18.3 Å². The number of aliphatic hydroxyl groups excluding tert-OH is 1. The highest BCUT2D eigenvalue weighted by Crippen LogP contribution is 2.13. The van der Waals surface area contributed by atoms with Crippen LogP contribution < -0.4 is 0 Å². The number of carbonyl (C=O) groups excluding carboxylic acids is 1. The van der Waals surface area contributed by atoms with Gasteiger partial charge in [0.25, 0.3) is 0 Å². The molecule has 0 aliphatic rings. The van der Waals surface area contributed by atoms with Crippen LogP contribution in [0.1, 0.15) is 23.7 Å². The Bertz CT molecular complexity index is 459. The zero-order chi connectivity index (χ0) is 12.2. The molecule has 0 aromatic heterocycles. The maximum Gasteiger partial charge on any atom is 0.178 e. The van der Waals surface area contributed by atoms with Crippen LogP contribution in [0.5, 0.6) is 0 Å². The number of carbonyl (C=O) groups is 1. The van der Waals surface area contributed by atoms with E-state index in [9.17, 15) is 13.2 Å². The fraction of sp³-hybridized carbons (Fsp3) is 0.364. The third kappa shape index (κ3) is 3.15. The van der Waals surface area contributed by atoms with Gasteiger partial charge in [-0.2, -0.15) is 0 Å². The van der Waals surface area contributed by atoms with Gasteiger partial charge in [-0.25, -0.2) is 8.42 Å². The molecule has 1 rings (SSSR count). The molecular formula is C11H14O4S. The first-order chi connectivity index (χ1) is 7.47. The molecule has 0 saturated heterocycles. The van der Waals surface area contributed by atoms with E-state index in [4.69, 9.17) is 5.11 Å². The van der Waals surface area contributed by atoms with Crippen molar-refractivity contribution >= 4 is 15.6 Å². The third-order valence-corrected chi connectivity index (χ3v) is 4.01. The second-order valence-corrected chi connectivity index (χ2v) is 5.59. The number of hydrogen-bond donors (Lipinski definition) is 1. The molecule has 0 aliphatic carbocycles. The normalized spacial score (nSPS) is 11.4. The molecule has 0 fully saturated rings. The first kappa shape index (κ1) is 12.9. The predicted octanol–water partition coefficient (Wildman–Crippen LogP) is 1.05. The maximum absolute atomic E-state index is 11.7. The van der Waals surface area contributed by atoms with Crippen LogP contribution in [-0.2, 0) is 9.84 Å². The van der Waals surface area contributed by atoms with Crippen LogP contribution in [0.25, 0.3) is 0 Å². The van der Waals surface area contributed by atoms with E-state index >= 15 is 0 Å². The monoisotopic (exact) mass is 242 g/mol.